The van der Waals surface area contributed by atoms with Crippen molar-refractivity contribution in [2.24, 2.45) is 0 Å². The van der Waals surface area contributed by atoms with E-state index in [1.165, 1.54) is 19.6 Å². The van der Waals surface area contributed by atoms with E-state index in [0.717, 1.165) is 5.56 Å². The number of benzene rings is 2. The predicted molar refractivity (Wildman–Crippen MR) is 76.4 cm³/mol. The SMILES string of the molecule is CC(C)(O)c1ccc2c(c1)Sc1ccccc1S2. The molecule has 0 saturated carbocycles. The third kappa shape index (κ3) is 2.18. The largest absolute Gasteiger partial charge is 0.386 e. The quantitative estimate of drug-likeness (QED) is 0.704. The van der Waals surface area contributed by atoms with Gasteiger partial charge in [-0.15, -0.1) is 0 Å². The maximum atomic E-state index is 10.1. The molecule has 0 aliphatic carbocycles. The molecule has 0 unspecified atom stereocenters. The molecule has 3 rings (SSSR count). The number of rotatable bonds is 1. The molecule has 1 N–H and O–H groups in total. The molecule has 2 aromatic carbocycles. The first-order chi connectivity index (χ1) is 8.54. The molecule has 3 heteroatoms. The summed E-state index contributed by atoms with van der Waals surface area (Å²) in [5.41, 5.74) is 0.186. The minimum Gasteiger partial charge on any atom is -0.386 e. The van der Waals surface area contributed by atoms with Gasteiger partial charge in [-0.05, 0) is 43.7 Å². The van der Waals surface area contributed by atoms with E-state index in [2.05, 4.69) is 36.4 Å². The fourth-order valence-corrected chi connectivity index (χ4v) is 4.16. The second kappa shape index (κ2) is 4.34. The summed E-state index contributed by atoms with van der Waals surface area (Å²) in [7, 11) is 0. The molecule has 1 aliphatic heterocycles. The zero-order chi connectivity index (χ0) is 12.8. The van der Waals surface area contributed by atoms with Gasteiger partial charge in [-0.1, -0.05) is 41.7 Å². The Hall–Kier alpha value is -0.900. The van der Waals surface area contributed by atoms with Gasteiger partial charge in [0, 0.05) is 19.6 Å². The molecule has 1 nitrogen and oxygen atoms in total. The summed E-state index contributed by atoms with van der Waals surface area (Å²) in [5.74, 6) is 0. The summed E-state index contributed by atoms with van der Waals surface area (Å²) in [5, 5.41) is 10.1. The van der Waals surface area contributed by atoms with E-state index >= 15 is 0 Å². The van der Waals surface area contributed by atoms with Crippen molar-refractivity contribution in [2.45, 2.75) is 39.0 Å². The number of hydrogen-bond acceptors (Lipinski definition) is 3. The van der Waals surface area contributed by atoms with Gasteiger partial charge in [-0.3, -0.25) is 0 Å². The van der Waals surface area contributed by atoms with Gasteiger partial charge < -0.3 is 5.11 Å². The Morgan fingerprint density at radius 2 is 1.39 bits per heavy atom. The smallest absolute Gasteiger partial charge is 0.0840 e. The first-order valence-corrected chi connectivity index (χ1v) is 7.49. The standard InChI is InChI=1S/C15H14OS2/c1-15(2,16)10-7-8-13-14(9-10)18-12-6-4-3-5-11(12)17-13/h3-9,16H,1-2H3. The van der Waals surface area contributed by atoms with Crippen LogP contribution in [0.2, 0.25) is 0 Å². The van der Waals surface area contributed by atoms with Crippen molar-refractivity contribution >= 4 is 23.5 Å². The second-order valence-corrected chi connectivity index (χ2v) is 7.04. The lowest BCUT2D eigenvalue weighted by molar-refractivity contribution is 0.0783. The van der Waals surface area contributed by atoms with E-state index in [4.69, 9.17) is 0 Å². The molecule has 92 valence electrons. The topological polar surface area (TPSA) is 20.2 Å². The van der Waals surface area contributed by atoms with Gasteiger partial charge in [0.05, 0.1) is 5.60 Å². The zero-order valence-electron chi connectivity index (χ0n) is 10.3. The minimum atomic E-state index is -0.781. The zero-order valence-corrected chi connectivity index (χ0v) is 11.9. The second-order valence-electron chi connectivity index (χ2n) is 4.87. The van der Waals surface area contributed by atoms with E-state index < -0.39 is 5.60 Å². The van der Waals surface area contributed by atoms with Crippen LogP contribution in [0.1, 0.15) is 19.4 Å². The molecule has 0 bridgehead atoms. The van der Waals surface area contributed by atoms with Crippen LogP contribution in [-0.2, 0) is 5.60 Å². The van der Waals surface area contributed by atoms with Crippen LogP contribution in [0.4, 0.5) is 0 Å². The average Bonchev–Trinajstić information content (AvgIpc) is 2.34. The molecule has 0 atom stereocenters. The van der Waals surface area contributed by atoms with Crippen molar-refractivity contribution in [3.63, 3.8) is 0 Å². The van der Waals surface area contributed by atoms with E-state index in [0.29, 0.717) is 0 Å². The molecule has 1 heterocycles. The van der Waals surface area contributed by atoms with Crippen molar-refractivity contribution in [1.29, 1.82) is 0 Å². The summed E-state index contributed by atoms with van der Waals surface area (Å²) >= 11 is 3.58. The minimum absolute atomic E-state index is 0.781. The maximum Gasteiger partial charge on any atom is 0.0840 e. The Labute approximate surface area is 116 Å². The van der Waals surface area contributed by atoms with E-state index in [-0.39, 0.29) is 0 Å². The van der Waals surface area contributed by atoms with Crippen LogP contribution < -0.4 is 0 Å². The Kier molecular flexibility index (Phi) is 2.93. The van der Waals surface area contributed by atoms with E-state index in [1.54, 1.807) is 23.5 Å². The van der Waals surface area contributed by atoms with Crippen LogP contribution in [0.25, 0.3) is 0 Å². The molecule has 2 aromatic rings. The van der Waals surface area contributed by atoms with Crippen molar-refractivity contribution in [2.75, 3.05) is 0 Å². The Morgan fingerprint density at radius 3 is 2.00 bits per heavy atom. The molecule has 18 heavy (non-hydrogen) atoms. The Bertz CT molecular complexity index is 600. The molecule has 0 aromatic heterocycles. The summed E-state index contributed by atoms with van der Waals surface area (Å²) in [6.45, 7) is 3.65. The van der Waals surface area contributed by atoms with E-state index in [1.807, 2.05) is 19.9 Å². The third-order valence-corrected chi connectivity index (χ3v) is 5.48. The van der Waals surface area contributed by atoms with Crippen LogP contribution in [0.5, 0.6) is 0 Å². The van der Waals surface area contributed by atoms with Gasteiger partial charge in [-0.25, -0.2) is 0 Å². The van der Waals surface area contributed by atoms with Crippen molar-refractivity contribution in [3.05, 3.63) is 48.0 Å². The van der Waals surface area contributed by atoms with Crippen molar-refractivity contribution < 1.29 is 5.11 Å². The normalized spacial score (nSPS) is 13.9. The van der Waals surface area contributed by atoms with Crippen LogP contribution in [-0.4, -0.2) is 5.11 Å². The lowest BCUT2D eigenvalue weighted by Crippen LogP contribution is -2.15. The van der Waals surface area contributed by atoms with Gasteiger partial charge in [0.25, 0.3) is 0 Å². The van der Waals surface area contributed by atoms with E-state index in [9.17, 15) is 5.11 Å². The monoisotopic (exact) mass is 274 g/mol. The highest BCUT2D eigenvalue weighted by Gasteiger charge is 2.21. The molecule has 0 amide bonds. The highest BCUT2D eigenvalue weighted by atomic mass is 32.2. The fourth-order valence-electron chi connectivity index (χ4n) is 1.91. The van der Waals surface area contributed by atoms with Crippen LogP contribution in [0.15, 0.2) is 62.0 Å². The Morgan fingerprint density at radius 1 is 0.833 bits per heavy atom. The molecule has 0 radical (unpaired) electrons. The first-order valence-electron chi connectivity index (χ1n) is 5.86. The summed E-state index contributed by atoms with van der Waals surface area (Å²) in [6, 6.07) is 14.7. The summed E-state index contributed by atoms with van der Waals surface area (Å²) in [4.78, 5) is 5.11. The Balaban J connectivity index is 2.04. The van der Waals surface area contributed by atoms with Crippen molar-refractivity contribution in [3.8, 4) is 0 Å². The lowest BCUT2D eigenvalue weighted by Gasteiger charge is -2.22. The summed E-state index contributed by atoms with van der Waals surface area (Å²) in [6.07, 6.45) is 0. The predicted octanol–water partition coefficient (Wildman–Crippen LogP) is 4.53. The fraction of sp³-hybridized carbons (Fsp3) is 0.200. The molecule has 0 spiro atoms. The molecule has 0 fully saturated rings. The molecular weight excluding hydrogens is 260 g/mol. The molecule has 1 aliphatic rings. The highest BCUT2D eigenvalue weighted by molar-refractivity contribution is 8.05. The van der Waals surface area contributed by atoms with Gasteiger partial charge in [0.15, 0.2) is 0 Å². The van der Waals surface area contributed by atoms with Gasteiger partial charge >= 0.3 is 0 Å². The first kappa shape index (κ1) is 12.2. The number of aliphatic hydroxyl groups is 1. The van der Waals surface area contributed by atoms with Crippen LogP contribution >= 0.6 is 23.5 Å². The average molecular weight is 274 g/mol. The van der Waals surface area contributed by atoms with Crippen LogP contribution in [0, 0.1) is 0 Å². The molecular formula is C15H14OS2. The van der Waals surface area contributed by atoms with Gasteiger partial charge in [0.1, 0.15) is 0 Å². The number of fused-ring (bicyclic) bond motifs is 2. The highest BCUT2D eigenvalue weighted by Crippen LogP contribution is 2.48. The van der Waals surface area contributed by atoms with Crippen LogP contribution in [0.3, 0.4) is 0 Å². The van der Waals surface area contributed by atoms with Gasteiger partial charge in [-0.2, -0.15) is 0 Å². The van der Waals surface area contributed by atoms with Crippen molar-refractivity contribution in [1.82, 2.24) is 0 Å². The lowest BCUT2D eigenvalue weighted by atomic mass is 9.99. The number of hydrogen-bond donors (Lipinski definition) is 1. The maximum absolute atomic E-state index is 10.1. The van der Waals surface area contributed by atoms with Gasteiger partial charge in [0.2, 0.25) is 0 Å². The molecule has 0 saturated heterocycles. The summed E-state index contributed by atoms with van der Waals surface area (Å²) < 4.78 is 0. The third-order valence-electron chi connectivity index (χ3n) is 2.94.